The Morgan fingerprint density at radius 2 is 1.86 bits per heavy atom. The van der Waals surface area contributed by atoms with Gasteiger partial charge in [-0.15, -0.1) is 0 Å². The maximum Gasteiger partial charge on any atom is 0.243 e. The number of guanidine groups is 1. The van der Waals surface area contributed by atoms with Crippen LogP contribution >= 0.6 is 11.6 Å². The highest BCUT2D eigenvalue weighted by Crippen LogP contribution is 2.32. The Morgan fingerprint density at radius 1 is 1.14 bits per heavy atom. The molecule has 0 bridgehead atoms. The number of benzene rings is 2. The molecule has 3 rings (SSSR count). The average Bonchev–Trinajstić information content (AvgIpc) is 2.68. The van der Waals surface area contributed by atoms with Crippen LogP contribution < -0.4 is 11.5 Å². The largest absolute Gasteiger partial charge is 0.370 e. The number of halogens is 1. The van der Waals surface area contributed by atoms with E-state index in [-0.39, 0.29) is 23.2 Å². The lowest BCUT2D eigenvalue weighted by Crippen LogP contribution is -2.30. The topological polar surface area (TPSA) is 115 Å². The van der Waals surface area contributed by atoms with Crippen molar-refractivity contribution in [2.45, 2.75) is 18.4 Å². The van der Waals surface area contributed by atoms with Crippen LogP contribution in [0.5, 0.6) is 0 Å². The number of nitrogens with two attached hydrogens (primary N) is 2. The van der Waals surface area contributed by atoms with Crippen LogP contribution in [0.25, 0.3) is 10.8 Å². The van der Waals surface area contributed by atoms with Gasteiger partial charge < -0.3 is 11.5 Å². The van der Waals surface area contributed by atoms with Gasteiger partial charge in [-0.3, -0.25) is 0 Å². The van der Waals surface area contributed by atoms with Gasteiger partial charge in [-0.05, 0) is 17.7 Å². The summed E-state index contributed by atoms with van der Waals surface area (Å²) < 4.78 is 27.8. The fourth-order valence-electron chi connectivity index (χ4n) is 2.85. The van der Waals surface area contributed by atoms with E-state index in [2.05, 4.69) is 9.98 Å². The summed E-state index contributed by atoms with van der Waals surface area (Å²) in [6, 6.07) is 14.1. The number of sulfonamides is 1. The van der Waals surface area contributed by atoms with Gasteiger partial charge in [0.2, 0.25) is 10.0 Å². The molecule has 4 N–H and O–H groups in total. The van der Waals surface area contributed by atoms with Crippen molar-refractivity contribution in [1.82, 2.24) is 9.29 Å². The Morgan fingerprint density at radius 3 is 2.50 bits per heavy atom. The third kappa shape index (κ3) is 4.09. The lowest BCUT2D eigenvalue weighted by Gasteiger charge is -2.21. The molecule has 0 aliphatic rings. The van der Waals surface area contributed by atoms with Gasteiger partial charge >= 0.3 is 0 Å². The van der Waals surface area contributed by atoms with Crippen molar-refractivity contribution >= 4 is 44.2 Å². The predicted octanol–water partition coefficient (Wildman–Crippen LogP) is 3.00. The van der Waals surface area contributed by atoms with E-state index in [0.29, 0.717) is 22.3 Å². The molecule has 0 unspecified atom stereocenters. The summed E-state index contributed by atoms with van der Waals surface area (Å²) in [7, 11) is -3.75. The smallest absolute Gasteiger partial charge is 0.243 e. The van der Waals surface area contributed by atoms with E-state index < -0.39 is 10.0 Å². The first-order valence-corrected chi connectivity index (χ1v) is 10.4. The third-order valence-corrected chi connectivity index (χ3v) is 6.43. The van der Waals surface area contributed by atoms with Crippen LogP contribution in [0, 0.1) is 0 Å². The fourth-order valence-corrected chi connectivity index (χ4v) is 4.53. The van der Waals surface area contributed by atoms with E-state index in [1.165, 1.54) is 22.6 Å². The Bertz CT molecular complexity index is 1130. The molecule has 0 spiro atoms. The average molecular weight is 418 g/mol. The van der Waals surface area contributed by atoms with Crippen molar-refractivity contribution in [3.63, 3.8) is 0 Å². The molecule has 0 aliphatic carbocycles. The summed E-state index contributed by atoms with van der Waals surface area (Å²) in [6.07, 6.45) is 1.42. The van der Waals surface area contributed by atoms with Gasteiger partial charge in [0.25, 0.3) is 0 Å². The normalized spacial score (nSPS) is 11.7. The van der Waals surface area contributed by atoms with Gasteiger partial charge in [0, 0.05) is 30.1 Å². The molecule has 0 radical (unpaired) electrons. The second-order valence-corrected chi connectivity index (χ2v) is 8.44. The van der Waals surface area contributed by atoms with Gasteiger partial charge in [0.1, 0.15) is 0 Å². The zero-order chi connectivity index (χ0) is 20.3. The molecule has 1 heterocycles. The van der Waals surface area contributed by atoms with Crippen LogP contribution in [0.1, 0.15) is 12.5 Å². The fraction of sp³-hybridized carbons (Fsp3) is 0.158. The van der Waals surface area contributed by atoms with Gasteiger partial charge in [0.15, 0.2) is 11.8 Å². The van der Waals surface area contributed by atoms with E-state index in [9.17, 15) is 8.42 Å². The van der Waals surface area contributed by atoms with Crippen LogP contribution in [0.15, 0.2) is 64.6 Å². The van der Waals surface area contributed by atoms with Crippen LogP contribution in [-0.4, -0.2) is 30.2 Å². The van der Waals surface area contributed by atoms with E-state index in [1.54, 1.807) is 13.0 Å². The molecule has 1 aromatic heterocycles. The number of pyridine rings is 1. The van der Waals surface area contributed by atoms with Gasteiger partial charge in [-0.25, -0.2) is 13.4 Å². The zero-order valence-corrected chi connectivity index (χ0v) is 16.8. The molecule has 0 fully saturated rings. The molecule has 9 heteroatoms. The molecule has 0 aliphatic heterocycles. The van der Waals surface area contributed by atoms with Crippen molar-refractivity contribution < 1.29 is 8.42 Å². The first-order chi connectivity index (χ1) is 13.3. The maximum atomic E-state index is 13.2. The minimum atomic E-state index is -3.75. The first kappa shape index (κ1) is 20.1. The molecule has 0 atom stereocenters. The summed E-state index contributed by atoms with van der Waals surface area (Å²) in [4.78, 5) is 8.21. The molecule has 28 heavy (non-hydrogen) atoms. The Hall–Kier alpha value is -2.68. The molecule has 0 saturated heterocycles. The number of hydrogen-bond acceptors (Lipinski definition) is 4. The molecule has 3 aromatic rings. The highest BCUT2D eigenvalue weighted by Gasteiger charge is 2.24. The minimum Gasteiger partial charge on any atom is -0.370 e. The van der Waals surface area contributed by atoms with Crippen LogP contribution in [0.2, 0.25) is 5.02 Å². The standard InChI is InChI=1S/C19H20ClN5O2S/c1-2-25(12-13-6-4-3-5-7-13)28(26,27)14-8-9-15-16(10-14)18(24-19(21)22)23-11-17(15)20/h3-11H,2,12H2,1H3,(H4,21,22,23,24). The van der Waals surface area contributed by atoms with Crippen molar-refractivity contribution in [3.8, 4) is 0 Å². The minimum absolute atomic E-state index is 0.119. The molecule has 146 valence electrons. The molecular weight excluding hydrogens is 398 g/mol. The Labute approximate surface area is 168 Å². The summed E-state index contributed by atoms with van der Waals surface area (Å²) in [6.45, 7) is 2.39. The SMILES string of the molecule is CCN(Cc1ccccc1)S(=O)(=O)c1ccc2c(Cl)cnc(N=C(N)N)c2c1. The number of rotatable bonds is 6. The Balaban J connectivity index is 2.09. The monoisotopic (exact) mass is 417 g/mol. The highest BCUT2D eigenvalue weighted by atomic mass is 35.5. The second-order valence-electron chi connectivity index (χ2n) is 6.09. The second kappa shape index (κ2) is 8.14. The number of aliphatic imine (C=N–C) groups is 1. The van der Waals surface area contributed by atoms with Crippen LogP contribution in [-0.2, 0) is 16.6 Å². The van der Waals surface area contributed by atoms with Crippen molar-refractivity contribution in [3.05, 3.63) is 65.3 Å². The third-order valence-electron chi connectivity index (χ3n) is 4.22. The first-order valence-electron chi connectivity index (χ1n) is 8.55. The maximum absolute atomic E-state index is 13.2. The summed E-state index contributed by atoms with van der Waals surface area (Å²) in [5.41, 5.74) is 11.8. The molecule has 7 nitrogen and oxygen atoms in total. The number of nitrogens with zero attached hydrogens (tertiary/aromatic N) is 3. The zero-order valence-electron chi connectivity index (χ0n) is 15.2. The van der Waals surface area contributed by atoms with E-state index in [4.69, 9.17) is 23.1 Å². The van der Waals surface area contributed by atoms with Crippen molar-refractivity contribution in [2.24, 2.45) is 16.5 Å². The number of hydrogen-bond donors (Lipinski definition) is 2. The molecule has 2 aromatic carbocycles. The predicted molar refractivity (Wildman–Crippen MR) is 112 cm³/mol. The van der Waals surface area contributed by atoms with Gasteiger partial charge in [-0.2, -0.15) is 9.30 Å². The van der Waals surface area contributed by atoms with E-state index >= 15 is 0 Å². The van der Waals surface area contributed by atoms with Gasteiger partial charge in [0.05, 0.1) is 9.92 Å². The van der Waals surface area contributed by atoms with Gasteiger partial charge in [-0.1, -0.05) is 54.9 Å². The van der Waals surface area contributed by atoms with E-state index in [1.807, 2.05) is 30.3 Å². The summed E-state index contributed by atoms with van der Waals surface area (Å²) in [5.74, 6) is 0.0335. The van der Waals surface area contributed by atoms with Crippen molar-refractivity contribution in [2.75, 3.05) is 6.54 Å². The van der Waals surface area contributed by atoms with Crippen LogP contribution in [0.3, 0.4) is 0 Å². The Kier molecular flexibility index (Phi) is 5.83. The van der Waals surface area contributed by atoms with E-state index in [0.717, 1.165) is 5.56 Å². The number of aromatic nitrogens is 1. The lowest BCUT2D eigenvalue weighted by molar-refractivity contribution is 0.423. The summed E-state index contributed by atoms with van der Waals surface area (Å²) in [5, 5.41) is 1.45. The van der Waals surface area contributed by atoms with Crippen LogP contribution in [0.4, 0.5) is 5.82 Å². The summed E-state index contributed by atoms with van der Waals surface area (Å²) >= 11 is 6.20. The molecule has 0 saturated carbocycles. The lowest BCUT2D eigenvalue weighted by atomic mass is 10.1. The van der Waals surface area contributed by atoms with Crippen molar-refractivity contribution in [1.29, 1.82) is 0 Å². The number of fused-ring (bicyclic) bond motifs is 1. The molecule has 0 amide bonds. The quantitative estimate of drug-likeness (QED) is 0.472. The highest BCUT2D eigenvalue weighted by molar-refractivity contribution is 7.89. The molecular formula is C19H20ClN5O2S.